The van der Waals surface area contributed by atoms with E-state index in [1.165, 1.54) is 18.9 Å². The second kappa shape index (κ2) is 10.4. The molecule has 3 heterocycles. The molecule has 0 unspecified atom stereocenters. The molecule has 10 heteroatoms. The minimum atomic E-state index is -0.361. The maximum absolute atomic E-state index is 12.0. The van der Waals surface area contributed by atoms with Crippen molar-refractivity contribution in [1.82, 2.24) is 19.4 Å². The standard InChI is InChI=1S/C27H31N7O3/c1-31(14-15-33-12-6-7-13-33)24-17-26(37-3)22(16-25(24)34(35)36)30-27-28-11-10-21(29-27)20-18-32(2)23-9-5-4-8-19(20)23/h4-5,8-11,16-18H,6-7,12-15H2,1-3H3,(H,28,29,30). The molecule has 2 aromatic carbocycles. The largest absolute Gasteiger partial charge is 0.494 e. The van der Waals surface area contributed by atoms with Crippen molar-refractivity contribution in [2.75, 3.05) is 50.6 Å². The molecule has 1 saturated heterocycles. The van der Waals surface area contributed by atoms with Crippen molar-refractivity contribution in [2.24, 2.45) is 7.05 Å². The van der Waals surface area contributed by atoms with E-state index < -0.39 is 0 Å². The van der Waals surface area contributed by atoms with Crippen molar-refractivity contribution in [2.45, 2.75) is 12.8 Å². The zero-order valence-electron chi connectivity index (χ0n) is 21.3. The highest BCUT2D eigenvalue weighted by Crippen LogP contribution is 2.39. The van der Waals surface area contributed by atoms with Gasteiger partial charge in [0.15, 0.2) is 0 Å². The van der Waals surface area contributed by atoms with Gasteiger partial charge in [-0.1, -0.05) is 18.2 Å². The number of anilines is 3. The fourth-order valence-corrected chi connectivity index (χ4v) is 4.93. The van der Waals surface area contributed by atoms with Crippen LogP contribution in [0.15, 0.2) is 54.9 Å². The maximum atomic E-state index is 12.0. The summed E-state index contributed by atoms with van der Waals surface area (Å²) in [5, 5.41) is 16.3. The van der Waals surface area contributed by atoms with Crippen LogP contribution in [0, 0.1) is 10.1 Å². The zero-order chi connectivity index (χ0) is 25.9. The number of nitrogens with one attached hydrogen (secondary N) is 1. The van der Waals surface area contributed by atoms with Gasteiger partial charge in [0.1, 0.15) is 11.4 Å². The van der Waals surface area contributed by atoms with Crippen LogP contribution in [-0.2, 0) is 7.05 Å². The Morgan fingerprint density at radius 1 is 1.19 bits per heavy atom. The van der Waals surface area contributed by atoms with Gasteiger partial charge in [0.2, 0.25) is 5.95 Å². The smallest absolute Gasteiger partial charge is 0.294 e. The molecule has 0 radical (unpaired) electrons. The molecule has 5 rings (SSSR count). The summed E-state index contributed by atoms with van der Waals surface area (Å²) < 4.78 is 7.68. The van der Waals surface area contributed by atoms with Gasteiger partial charge in [-0.3, -0.25) is 10.1 Å². The van der Waals surface area contributed by atoms with Crippen LogP contribution in [0.1, 0.15) is 12.8 Å². The molecule has 10 nitrogen and oxygen atoms in total. The maximum Gasteiger partial charge on any atom is 0.294 e. The fourth-order valence-electron chi connectivity index (χ4n) is 4.93. The molecule has 37 heavy (non-hydrogen) atoms. The van der Waals surface area contributed by atoms with E-state index in [0.29, 0.717) is 29.6 Å². The molecule has 1 N–H and O–H groups in total. The van der Waals surface area contributed by atoms with Gasteiger partial charge in [-0.15, -0.1) is 0 Å². The summed E-state index contributed by atoms with van der Waals surface area (Å²) in [6.07, 6.45) is 6.13. The number of methoxy groups -OCH3 is 1. The molecule has 0 spiro atoms. The third kappa shape index (κ3) is 5.05. The summed E-state index contributed by atoms with van der Waals surface area (Å²) in [7, 11) is 5.43. The van der Waals surface area contributed by atoms with Gasteiger partial charge >= 0.3 is 0 Å². The molecule has 1 aliphatic heterocycles. The monoisotopic (exact) mass is 501 g/mol. The Kier molecular flexibility index (Phi) is 6.91. The lowest BCUT2D eigenvalue weighted by Crippen LogP contribution is -2.31. The lowest BCUT2D eigenvalue weighted by atomic mass is 10.1. The van der Waals surface area contributed by atoms with E-state index in [1.807, 2.05) is 43.4 Å². The minimum Gasteiger partial charge on any atom is -0.494 e. The van der Waals surface area contributed by atoms with E-state index >= 15 is 0 Å². The average molecular weight is 502 g/mol. The Bertz CT molecular complexity index is 1430. The quantitative estimate of drug-likeness (QED) is 0.257. The number of likely N-dealkylation sites (tertiary alicyclic amines) is 1. The number of likely N-dealkylation sites (N-methyl/N-ethyl adjacent to an activating group) is 1. The molecule has 1 fully saturated rings. The number of nitrogens with zero attached hydrogens (tertiary/aromatic N) is 6. The molecular formula is C27H31N7O3. The van der Waals surface area contributed by atoms with Crippen LogP contribution >= 0.6 is 0 Å². The SMILES string of the molecule is COc1cc(N(C)CCN2CCCC2)c([N+](=O)[O-])cc1Nc1nccc(-c2cn(C)c3ccccc23)n1. The molecule has 4 aromatic rings. The predicted octanol–water partition coefficient (Wildman–Crippen LogP) is 4.83. The Balaban J connectivity index is 1.44. The van der Waals surface area contributed by atoms with Crippen molar-refractivity contribution in [3.05, 3.63) is 65.0 Å². The number of hydrogen-bond acceptors (Lipinski definition) is 8. The minimum absolute atomic E-state index is 0.00238. The molecule has 0 saturated carbocycles. The molecule has 0 atom stereocenters. The molecule has 0 aliphatic carbocycles. The Morgan fingerprint density at radius 2 is 1.97 bits per heavy atom. The Morgan fingerprint density at radius 3 is 2.73 bits per heavy atom. The van der Waals surface area contributed by atoms with E-state index in [-0.39, 0.29) is 10.6 Å². The molecule has 1 aliphatic rings. The summed E-state index contributed by atoms with van der Waals surface area (Å²) in [4.78, 5) is 25.0. The van der Waals surface area contributed by atoms with Crippen molar-refractivity contribution in [3.8, 4) is 17.0 Å². The van der Waals surface area contributed by atoms with Crippen molar-refractivity contribution in [3.63, 3.8) is 0 Å². The van der Waals surface area contributed by atoms with E-state index in [4.69, 9.17) is 9.72 Å². The van der Waals surface area contributed by atoms with Gasteiger partial charge in [-0.05, 0) is 38.1 Å². The number of aryl methyl sites for hydroxylation is 1. The molecule has 192 valence electrons. The van der Waals surface area contributed by atoms with Gasteiger partial charge in [-0.25, -0.2) is 9.97 Å². The first-order valence-electron chi connectivity index (χ1n) is 12.4. The number of nitro groups is 1. The van der Waals surface area contributed by atoms with Crippen molar-refractivity contribution in [1.29, 1.82) is 0 Å². The van der Waals surface area contributed by atoms with Crippen LogP contribution in [0.2, 0.25) is 0 Å². The number of benzene rings is 2. The number of hydrogen-bond donors (Lipinski definition) is 1. The highest BCUT2D eigenvalue weighted by atomic mass is 16.6. The Hall–Kier alpha value is -4.18. The van der Waals surface area contributed by atoms with Crippen LogP contribution in [0.3, 0.4) is 0 Å². The third-order valence-electron chi connectivity index (χ3n) is 6.93. The topological polar surface area (TPSA) is 102 Å². The molecule has 0 bridgehead atoms. The number of aromatic nitrogens is 3. The second-order valence-electron chi connectivity index (χ2n) is 9.33. The average Bonchev–Trinajstić information content (AvgIpc) is 3.55. The number of fused-ring (bicyclic) bond motifs is 1. The van der Waals surface area contributed by atoms with Gasteiger partial charge in [0, 0.05) is 68.2 Å². The highest BCUT2D eigenvalue weighted by Gasteiger charge is 2.23. The number of ether oxygens (including phenoxy) is 1. The van der Waals surface area contributed by atoms with Gasteiger partial charge in [0.05, 0.1) is 23.4 Å². The van der Waals surface area contributed by atoms with Crippen LogP contribution in [-0.4, -0.2) is 64.7 Å². The van der Waals surface area contributed by atoms with E-state index in [9.17, 15) is 10.1 Å². The van der Waals surface area contributed by atoms with Crippen molar-refractivity contribution < 1.29 is 9.66 Å². The van der Waals surface area contributed by atoms with E-state index in [0.717, 1.165) is 41.8 Å². The van der Waals surface area contributed by atoms with E-state index in [2.05, 4.69) is 31.9 Å². The first-order valence-corrected chi connectivity index (χ1v) is 12.4. The van der Waals surface area contributed by atoms with Gasteiger partial charge in [-0.2, -0.15) is 0 Å². The highest BCUT2D eigenvalue weighted by molar-refractivity contribution is 5.95. The Labute approximate surface area is 215 Å². The second-order valence-corrected chi connectivity index (χ2v) is 9.33. The van der Waals surface area contributed by atoms with Crippen molar-refractivity contribution >= 4 is 33.9 Å². The van der Waals surface area contributed by atoms with E-state index in [1.54, 1.807) is 19.4 Å². The van der Waals surface area contributed by atoms with Crippen LogP contribution in [0.25, 0.3) is 22.2 Å². The number of rotatable bonds is 9. The lowest BCUT2D eigenvalue weighted by Gasteiger charge is -2.24. The summed E-state index contributed by atoms with van der Waals surface area (Å²) in [6, 6.07) is 13.2. The molecule has 0 amide bonds. The first kappa shape index (κ1) is 24.5. The summed E-state index contributed by atoms with van der Waals surface area (Å²) >= 11 is 0. The predicted molar refractivity (Wildman–Crippen MR) is 146 cm³/mol. The van der Waals surface area contributed by atoms with Crippen LogP contribution in [0.5, 0.6) is 5.75 Å². The molecule has 2 aromatic heterocycles. The zero-order valence-corrected chi connectivity index (χ0v) is 21.3. The van der Waals surface area contributed by atoms with Gasteiger partial charge in [0.25, 0.3) is 5.69 Å². The van der Waals surface area contributed by atoms with Crippen LogP contribution < -0.4 is 15.0 Å². The van der Waals surface area contributed by atoms with Gasteiger partial charge < -0.3 is 24.4 Å². The van der Waals surface area contributed by atoms with Crippen LogP contribution in [0.4, 0.5) is 23.0 Å². The third-order valence-corrected chi connectivity index (χ3v) is 6.93. The number of para-hydroxylation sites is 1. The summed E-state index contributed by atoms with van der Waals surface area (Å²) in [5.74, 6) is 0.806. The first-order chi connectivity index (χ1) is 17.9. The summed E-state index contributed by atoms with van der Waals surface area (Å²) in [5.41, 5.74) is 3.78. The molecular weight excluding hydrogens is 470 g/mol. The lowest BCUT2D eigenvalue weighted by molar-refractivity contribution is -0.384. The summed E-state index contributed by atoms with van der Waals surface area (Å²) in [6.45, 7) is 3.72. The normalized spacial score (nSPS) is 13.7. The number of nitro benzene ring substituents is 1. The fraction of sp³-hybridized carbons (Fsp3) is 0.333.